The highest BCUT2D eigenvalue weighted by Crippen LogP contribution is 2.47. The van der Waals surface area contributed by atoms with E-state index in [4.69, 9.17) is 17.3 Å². The van der Waals surface area contributed by atoms with Gasteiger partial charge in [-0.15, -0.1) is 0 Å². The molecule has 0 heterocycles. The summed E-state index contributed by atoms with van der Waals surface area (Å²) in [6.07, 6.45) is 0.871. The van der Waals surface area contributed by atoms with Crippen molar-refractivity contribution in [1.29, 1.82) is 0 Å². The molecule has 2 nitrogen and oxygen atoms in total. The second-order valence-electron chi connectivity index (χ2n) is 3.41. The van der Waals surface area contributed by atoms with E-state index in [9.17, 15) is 4.79 Å². The van der Waals surface area contributed by atoms with E-state index in [-0.39, 0.29) is 11.8 Å². The van der Waals surface area contributed by atoms with Gasteiger partial charge in [-0.3, -0.25) is 4.79 Å². The molecule has 1 aliphatic carbocycles. The Kier molecular flexibility index (Phi) is 2.00. The summed E-state index contributed by atoms with van der Waals surface area (Å²) in [4.78, 5) is 10.8. The normalized spacial score (nSPS) is 25.6. The summed E-state index contributed by atoms with van der Waals surface area (Å²) in [6.45, 7) is 0. The van der Waals surface area contributed by atoms with E-state index in [1.165, 1.54) is 0 Å². The number of hydrogen-bond donors (Lipinski definition) is 1. The van der Waals surface area contributed by atoms with E-state index >= 15 is 0 Å². The molecule has 1 aliphatic rings. The molecule has 2 rings (SSSR count). The molecule has 2 N–H and O–H groups in total. The van der Waals surface area contributed by atoms with Crippen molar-refractivity contribution >= 4 is 17.5 Å². The fraction of sp³-hybridized carbons (Fsp3) is 0.300. The molecule has 0 aromatic heterocycles. The van der Waals surface area contributed by atoms with Crippen LogP contribution in [0.2, 0.25) is 5.02 Å². The Hall–Kier alpha value is -1.02. The summed E-state index contributed by atoms with van der Waals surface area (Å²) in [6, 6.07) is 7.61. The van der Waals surface area contributed by atoms with Crippen LogP contribution in [0.25, 0.3) is 0 Å². The third-order valence-corrected chi connectivity index (χ3v) is 2.67. The molecule has 0 unspecified atom stereocenters. The number of hydrogen-bond acceptors (Lipinski definition) is 1. The number of nitrogens with two attached hydrogens (primary N) is 1. The zero-order valence-corrected chi connectivity index (χ0v) is 7.79. The van der Waals surface area contributed by atoms with Gasteiger partial charge >= 0.3 is 0 Å². The number of primary amides is 1. The minimum atomic E-state index is -0.204. The molecule has 1 aromatic rings. The standard InChI is InChI=1S/C10H10ClNO/c11-7-3-1-2-6(4-7)8-5-9(8)10(12)13/h1-4,8-9H,5H2,(H2,12,13)/t8-,9-/m0/s1. The number of rotatable bonds is 2. The molecule has 0 radical (unpaired) electrons. The topological polar surface area (TPSA) is 43.1 Å². The fourth-order valence-corrected chi connectivity index (χ4v) is 1.81. The van der Waals surface area contributed by atoms with Crippen LogP contribution in [-0.4, -0.2) is 5.91 Å². The van der Waals surface area contributed by atoms with E-state index < -0.39 is 0 Å². The third kappa shape index (κ3) is 1.68. The van der Waals surface area contributed by atoms with Crippen molar-refractivity contribution in [3.63, 3.8) is 0 Å². The van der Waals surface area contributed by atoms with Gasteiger partial charge in [-0.05, 0) is 30.0 Å². The second-order valence-corrected chi connectivity index (χ2v) is 3.84. The van der Waals surface area contributed by atoms with Gasteiger partial charge in [-0.1, -0.05) is 23.7 Å². The second kappa shape index (κ2) is 3.04. The molecule has 1 aromatic carbocycles. The fourth-order valence-electron chi connectivity index (χ4n) is 1.62. The summed E-state index contributed by atoms with van der Waals surface area (Å²) in [5, 5.41) is 0.715. The van der Waals surface area contributed by atoms with E-state index in [1.54, 1.807) is 0 Å². The zero-order valence-electron chi connectivity index (χ0n) is 7.03. The first-order valence-electron chi connectivity index (χ1n) is 4.23. The van der Waals surface area contributed by atoms with E-state index in [2.05, 4.69) is 0 Å². The third-order valence-electron chi connectivity index (χ3n) is 2.43. The lowest BCUT2D eigenvalue weighted by Gasteiger charge is -1.98. The van der Waals surface area contributed by atoms with Crippen molar-refractivity contribution < 1.29 is 4.79 Å². The SMILES string of the molecule is NC(=O)[C@H]1C[C@H]1c1cccc(Cl)c1. The maximum absolute atomic E-state index is 10.8. The highest BCUT2D eigenvalue weighted by Gasteiger charge is 2.42. The molecule has 2 atom stereocenters. The van der Waals surface area contributed by atoms with Gasteiger partial charge in [0.05, 0.1) is 0 Å². The maximum Gasteiger partial charge on any atom is 0.221 e. The summed E-state index contributed by atoms with van der Waals surface area (Å²) < 4.78 is 0. The quantitative estimate of drug-likeness (QED) is 0.770. The summed E-state index contributed by atoms with van der Waals surface area (Å²) in [7, 11) is 0. The van der Waals surface area contributed by atoms with Crippen LogP contribution in [-0.2, 0) is 4.79 Å². The lowest BCUT2D eigenvalue weighted by atomic mass is 10.1. The van der Waals surface area contributed by atoms with Gasteiger partial charge in [0.2, 0.25) is 5.91 Å². The van der Waals surface area contributed by atoms with Gasteiger partial charge in [0.25, 0.3) is 0 Å². The lowest BCUT2D eigenvalue weighted by Crippen LogP contribution is -2.13. The Morgan fingerprint density at radius 2 is 2.31 bits per heavy atom. The monoisotopic (exact) mass is 195 g/mol. The number of benzene rings is 1. The molecule has 0 bridgehead atoms. The van der Waals surface area contributed by atoms with Crippen molar-refractivity contribution in [3.05, 3.63) is 34.9 Å². The molecule has 1 fully saturated rings. The van der Waals surface area contributed by atoms with Crippen molar-refractivity contribution in [2.45, 2.75) is 12.3 Å². The highest BCUT2D eigenvalue weighted by atomic mass is 35.5. The van der Waals surface area contributed by atoms with Crippen molar-refractivity contribution in [2.75, 3.05) is 0 Å². The number of carbonyl (C=O) groups is 1. The van der Waals surface area contributed by atoms with Crippen LogP contribution in [0, 0.1) is 5.92 Å². The lowest BCUT2D eigenvalue weighted by molar-refractivity contribution is -0.119. The van der Waals surface area contributed by atoms with E-state index in [1.807, 2.05) is 24.3 Å². The maximum atomic E-state index is 10.8. The zero-order chi connectivity index (χ0) is 9.42. The van der Waals surface area contributed by atoms with Crippen LogP contribution in [0.15, 0.2) is 24.3 Å². The van der Waals surface area contributed by atoms with Crippen LogP contribution >= 0.6 is 11.6 Å². The summed E-state index contributed by atoms with van der Waals surface area (Å²) in [5.74, 6) is 0.125. The minimum Gasteiger partial charge on any atom is -0.369 e. The first-order chi connectivity index (χ1) is 6.18. The number of carbonyl (C=O) groups excluding carboxylic acids is 1. The molecular weight excluding hydrogens is 186 g/mol. The van der Waals surface area contributed by atoms with E-state index in [0.717, 1.165) is 12.0 Å². The molecule has 13 heavy (non-hydrogen) atoms. The largest absolute Gasteiger partial charge is 0.369 e. The average molecular weight is 196 g/mol. The van der Waals surface area contributed by atoms with Crippen LogP contribution in [0.5, 0.6) is 0 Å². The van der Waals surface area contributed by atoms with Crippen molar-refractivity contribution in [3.8, 4) is 0 Å². The molecule has 68 valence electrons. The molecule has 0 saturated heterocycles. The van der Waals surface area contributed by atoms with Crippen LogP contribution < -0.4 is 5.73 Å². The highest BCUT2D eigenvalue weighted by molar-refractivity contribution is 6.30. The van der Waals surface area contributed by atoms with Crippen molar-refractivity contribution in [1.82, 2.24) is 0 Å². The minimum absolute atomic E-state index is 0.0264. The Morgan fingerprint density at radius 1 is 1.54 bits per heavy atom. The molecule has 1 saturated carbocycles. The molecular formula is C10H10ClNO. The van der Waals surface area contributed by atoms with Crippen LogP contribution in [0.3, 0.4) is 0 Å². The van der Waals surface area contributed by atoms with Gasteiger partial charge in [0.1, 0.15) is 0 Å². The molecule has 0 aliphatic heterocycles. The molecule has 0 spiro atoms. The van der Waals surface area contributed by atoms with Crippen LogP contribution in [0.1, 0.15) is 17.9 Å². The van der Waals surface area contributed by atoms with Gasteiger partial charge < -0.3 is 5.73 Å². The van der Waals surface area contributed by atoms with Gasteiger partial charge in [-0.25, -0.2) is 0 Å². The van der Waals surface area contributed by atoms with Crippen molar-refractivity contribution in [2.24, 2.45) is 11.7 Å². The van der Waals surface area contributed by atoms with Gasteiger partial charge in [0.15, 0.2) is 0 Å². The number of amides is 1. The Bertz CT molecular complexity index is 351. The van der Waals surface area contributed by atoms with Gasteiger partial charge in [0, 0.05) is 10.9 Å². The number of halogens is 1. The Labute approximate surface area is 81.7 Å². The summed E-state index contributed by atoms with van der Waals surface area (Å²) >= 11 is 5.83. The first kappa shape index (κ1) is 8.57. The predicted molar refractivity (Wildman–Crippen MR) is 51.5 cm³/mol. The Balaban J connectivity index is 2.16. The van der Waals surface area contributed by atoms with Gasteiger partial charge in [-0.2, -0.15) is 0 Å². The molecule has 3 heteroatoms. The van der Waals surface area contributed by atoms with Crippen LogP contribution in [0.4, 0.5) is 0 Å². The Morgan fingerprint density at radius 3 is 2.85 bits per heavy atom. The average Bonchev–Trinajstić information content (AvgIpc) is 2.82. The predicted octanol–water partition coefficient (Wildman–Crippen LogP) is 1.93. The van der Waals surface area contributed by atoms with E-state index in [0.29, 0.717) is 10.9 Å². The first-order valence-corrected chi connectivity index (χ1v) is 4.61. The smallest absolute Gasteiger partial charge is 0.221 e. The summed E-state index contributed by atoms with van der Waals surface area (Å²) in [5.41, 5.74) is 6.31. The molecule has 1 amide bonds.